The van der Waals surface area contributed by atoms with Gasteiger partial charge in [0.05, 0.1) is 19.8 Å². The molecule has 0 saturated carbocycles. The van der Waals surface area contributed by atoms with Crippen LogP contribution >= 0.6 is 24.0 Å². The second kappa shape index (κ2) is 12.6. The third-order valence-corrected chi connectivity index (χ3v) is 5.61. The van der Waals surface area contributed by atoms with E-state index in [0.29, 0.717) is 12.1 Å². The van der Waals surface area contributed by atoms with Gasteiger partial charge in [-0.1, -0.05) is 18.2 Å². The Hall–Kier alpha value is -1.06. The van der Waals surface area contributed by atoms with Crippen molar-refractivity contribution < 1.29 is 9.47 Å². The topological polar surface area (TPSA) is 49.3 Å². The molecule has 1 aromatic rings. The van der Waals surface area contributed by atoms with E-state index in [1.165, 1.54) is 0 Å². The Morgan fingerprint density at radius 1 is 1.24 bits per heavy atom. The standard InChI is InChI=1S/C22H36N4O2.HI/c1-4-23-22(24-16-18(2)26-14-15-27-17-19(26)3)25-12-10-21(11-13-25)28-20-8-6-5-7-9-20;/h5-9,18-19,21H,4,10-17H2,1-3H3,(H,23,24);1H. The number of likely N-dealkylation sites (tertiary alicyclic amines) is 1. The van der Waals surface area contributed by atoms with Crippen LogP contribution in [0.25, 0.3) is 0 Å². The normalized spacial score (nSPS) is 22.7. The summed E-state index contributed by atoms with van der Waals surface area (Å²) in [5.41, 5.74) is 0. The summed E-state index contributed by atoms with van der Waals surface area (Å²) < 4.78 is 11.7. The Morgan fingerprint density at radius 2 is 1.97 bits per heavy atom. The SMILES string of the molecule is CCNC(=NCC(C)N1CCOCC1C)N1CCC(Oc2ccccc2)CC1.I. The smallest absolute Gasteiger partial charge is 0.193 e. The van der Waals surface area contributed by atoms with Crippen LogP contribution in [0.15, 0.2) is 35.3 Å². The highest BCUT2D eigenvalue weighted by Gasteiger charge is 2.25. The highest BCUT2D eigenvalue weighted by molar-refractivity contribution is 14.0. The van der Waals surface area contributed by atoms with E-state index >= 15 is 0 Å². The van der Waals surface area contributed by atoms with Crippen LogP contribution < -0.4 is 10.1 Å². The van der Waals surface area contributed by atoms with Crippen molar-refractivity contribution in [2.75, 3.05) is 45.9 Å². The first-order valence-corrected chi connectivity index (χ1v) is 10.8. The lowest BCUT2D eigenvalue weighted by molar-refractivity contribution is -0.0166. The number of nitrogens with zero attached hydrogens (tertiary/aromatic N) is 3. The molecule has 1 N–H and O–H groups in total. The number of para-hydroxylation sites is 1. The van der Waals surface area contributed by atoms with E-state index in [-0.39, 0.29) is 30.1 Å². The van der Waals surface area contributed by atoms with Crippen LogP contribution in [-0.4, -0.2) is 79.9 Å². The van der Waals surface area contributed by atoms with Gasteiger partial charge in [-0.2, -0.15) is 0 Å². The second-order valence-corrected chi connectivity index (χ2v) is 7.82. The summed E-state index contributed by atoms with van der Waals surface area (Å²) in [6.45, 7) is 12.9. The Balaban J connectivity index is 0.00000300. The molecule has 2 heterocycles. The number of morpholine rings is 1. The quantitative estimate of drug-likeness (QED) is 0.358. The molecule has 1 aromatic carbocycles. The maximum atomic E-state index is 6.13. The van der Waals surface area contributed by atoms with Gasteiger partial charge in [0, 0.05) is 51.1 Å². The van der Waals surface area contributed by atoms with Crippen LogP contribution in [-0.2, 0) is 4.74 Å². The number of piperidine rings is 1. The van der Waals surface area contributed by atoms with Crippen LogP contribution in [0.1, 0.15) is 33.6 Å². The number of halogens is 1. The van der Waals surface area contributed by atoms with Crippen LogP contribution in [0.4, 0.5) is 0 Å². The molecule has 0 amide bonds. The van der Waals surface area contributed by atoms with Crippen molar-refractivity contribution in [3.05, 3.63) is 30.3 Å². The van der Waals surface area contributed by atoms with Gasteiger partial charge in [-0.05, 0) is 32.9 Å². The predicted molar refractivity (Wildman–Crippen MR) is 130 cm³/mol. The van der Waals surface area contributed by atoms with Crippen LogP contribution in [0, 0.1) is 0 Å². The van der Waals surface area contributed by atoms with Crippen molar-refractivity contribution in [1.82, 2.24) is 15.1 Å². The Bertz CT molecular complexity index is 608. The lowest BCUT2D eigenvalue weighted by Crippen LogP contribution is -2.50. The molecule has 0 spiro atoms. The van der Waals surface area contributed by atoms with Crippen molar-refractivity contribution in [1.29, 1.82) is 0 Å². The zero-order chi connectivity index (χ0) is 19.8. The molecule has 0 bridgehead atoms. The van der Waals surface area contributed by atoms with E-state index < -0.39 is 0 Å². The summed E-state index contributed by atoms with van der Waals surface area (Å²) in [4.78, 5) is 9.85. The molecule has 0 aliphatic carbocycles. The molecule has 164 valence electrons. The molecule has 2 fully saturated rings. The molecule has 7 heteroatoms. The molecular formula is C22H37IN4O2. The summed E-state index contributed by atoms with van der Waals surface area (Å²) in [7, 11) is 0. The number of aliphatic imine (C=N–C) groups is 1. The predicted octanol–water partition coefficient (Wildman–Crippen LogP) is 3.22. The monoisotopic (exact) mass is 516 g/mol. The number of hydrogen-bond donors (Lipinski definition) is 1. The lowest BCUT2D eigenvalue weighted by atomic mass is 10.1. The van der Waals surface area contributed by atoms with Gasteiger partial charge in [-0.15, -0.1) is 24.0 Å². The number of hydrogen-bond acceptors (Lipinski definition) is 4. The van der Waals surface area contributed by atoms with Gasteiger partial charge in [0.1, 0.15) is 11.9 Å². The molecule has 2 aliphatic rings. The van der Waals surface area contributed by atoms with Gasteiger partial charge in [0.15, 0.2) is 5.96 Å². The maximum absolute atomic E-state index is 6.13. The summed E-state index contributed by atoms with van der Waals surface area (Å²) in [6.07, 6.45) is 2.33. The lowest BCUT2D eigenvalue weighted by Gasteiger charge is -2.38. The van der Waals surface area contributed by atoms with Gasteiger partial charge in [0.2, 0.25) is 0 Å². The minimum Gasteiger partial charge on any atom is -0.490 e. The van der Waals surface area contributed by atoms with E-state index in [0.717, 1.165) is 70.5 Å². The fraction of sp³-hybridized carbons (Fsp3) is 0.682. The molecule has 2 saturated heterocycles. The van der Waals surface area contributed by atoms with Crippen molar-refractivity contribution in [3.8, 4) is 5.75 Å². The van der Waals surface area contributed by atoms with Crippen LogP contribution in [0.2, 0.25) is 0 Å². The Kier molecular flexibility index (Phi) is 10.5. The number of benzene rings is 1. The molecule has 2 atom stereocenters. The zero-order valence-corrected chi connectivity index (χ0v) is 20.4. The number of guanidine groups is 1. The first kappa shape index (κ1) is 24.2. The maximum Gasteiger partial charge on any atom is 0.193 e. The summed E-state index contributed by atoms with van der Waals surface area (Å²) in [5, 5.41) is 3.48. The van der Waals surface area contributed by atoms with Crippen LogP contribution in [0.5, 0.6) is 5.75 Å². The minimum atomic E-state index is 0. The largest absolute Gasteiger partial charge is 0.490 e. The highest BCUT2D eigenvalue weighted by Crippen LogP contribution is 2.19. The molecule has 3 rings (SSSR count). The first-order chi connectivity index (χ1) is 13.7. The number of rotatable bonds is 6. The van der Waals surface area contributed by atoms with Gasteiger partial charge >= 0.3 is 0 Å². The van der Waals surface area contributed by atoms with Gasteiger partial charge < -0.3 is 19.7 Å². The average Bonchev–Trinajstić information content (AvgIpc) is 2.73. The number of nitrogens with one attached hydrogen (secondary N) is 1. The fourth-order valence-corrected chi connectivity index (χ4v) is 4.02. The Labute approximate surface area is 193 Å². The van der Waals surface area contributed by atoms with Gasteiger partial charge in [0.25, 0.3) is 0 Å². The Morgan fingerprint density at radius 3 is 2.62 bits per heavy atom. The summed E-state index contributed by atoms with van der Waals surface area (Å²) in [5.74, 6) is 2.00. The average molecular weight is 516 g/mol. The van der Waals surface area contributed by atoms with E-state index in [2.05, 4.69) is 35.9 Å². The third kappa shape index (κ3) is 7.29. The molecule has 2 unspecified atom stereocenters. The second-order valence-electron chi connectivity index (χ2n) is 7.82. The van der Waals surface area contributed by atoms with E-state index in [1.54, 1.807) is 0 Å². The van der Waals surface area contributed by atoms with Gasteiger partial charge in [-0.3, -0.25) is 9.89 Å². The van der Waals surface area contributed by atoms with Gasteiger partial charge in [-0.25, -0.2) is 0 Å². The van der Waals surface area contributed by atoms with E-state index in [1.807, 2.05) is 30.3 Å². The molecule has 0 aromatic heterocycles. The van der Waals surface area contributed by atoms with E-state index in [4.69, 9.17) is 14.5 Å². The van der Waals surface area contributed by atoms with Crippen molar-refractivity contribution >= 4 is 29.9 Å². The molecule has 6 nitrogen and oxygen atoms in total. The highest BCUT2D eigenvalue weighted by atomic mass is 127. The van der Waals surface area contributed by atoms with Crippen molar-refractivity contribution in [2.45, 2.75) is 51.8 Å². The van der Waals surface area contributed by atoms with Crippen molar-refractivity contribution in [2.24, 2.45) is 4.99 Å². The molecular weight excluding hydrogens is 479 g/mol. The number of ether oxygens (including phenoxy) is 2. The fourth-order valence-electron chi connectivity index (χ4n) is 4.02. The molecule has 2 aliphatic heterocycles. The minimum absolute atomic E-state index is 0. The van der Waals surface area contributed by atoms with Crippen molar-refractivity contribution in [3.63, 3.8) is 0 Å². The third-order valence-electron chi connectivity index (χ3n) is 5.61. The van der Waals surface area contributed by atoms with E-state index in [9.17, 15) is 0 Å². The zero-order valence-electron chi connectivity index (χ0n) is 18.0. The van der Waals surface area contributed by atoms with Crippen LogP contribution in [0.3, 0.4) is 0 Å². The first-order valence-electron chi connectivity index (χ1n) is 10.8. The molecule has 29 heavy (non-hydrogen) atoms. The summed E-state index contributed by atoms with van der Waals surface area (Å²) in [6, 6.07) is 11.0. The summed E-state index contributed by atoms with van der Waals surface area (Å²) >= 11 is 0. The molecule has 0 radical (unpaired) electrons.